The van der Waals surface area contributed by atoms with Gasteiger partial charge in [-0.1, -0.05) is 78.1 Å². The number of ether oxygens (including phenoxy) is 10. The summed E-state index contributed by atoms with van der Waals surface area (Å²) in [5.41, 5.74) is 11.7. The van der Waals surface area contributed by atoms with E-state index in [-0.39, 0.29) is 109 Å². The van der Waals surface area contributed by atoms with Gasteiger partial charge in [-0.2, -0.15) is 0 Å². The molecule has 0 radical (unpaired) electrons. The van der Waals surface area contributed by atoms with E-state index in [4.69, 9.17) is 82.2 Å². The van der Waals surface area contributed by atoms with Crippen LogP contribution in [0.2, 0.25) is 15.1 Å². The van der Waals surface area contributed by atoms with E-state index in [1.807, 2.05) is 97.9 Å². The summed E-state index contributed by atoms with van der Waals surface area (Å²) in [4.78, 5) is 88.6. The summed E-state index contributed by atoms with van der Waals surface area (Å²) < 4.78 is 52.5. The highest BCUT2D eigenvalue weighted by Gasteiger charge is 2.39. The first-order valence-electron chi connectivity index (χ1n) is 36.9. The molecule has 594 valence electrons. The summed E-state index contributed by atoms with van der Waals surface area (Å²) in [6.07, 6.45) is -2.86. The molecule has 0 fully saturated rings. The van der Waals surface area contributed by atoms with Crippen molar-refractivity contribution < 1.29 is 91.5 Å². The number of halogens is 3. The third-order valence-corrected chi connectivity index (χ3v) is 19.1. The van der Waals surface area contributed by atoms with Gasteiger partial charge in [0.2, 0.25) is 0 Å². The van der Waals surface area contributed by atoms with Crippen molar-refractivity contribution in [2.75, 3.05) is 112 Å². The minimum atomic E-state index is -0.928. The Balaban J connectivity index is 0.000000177. The van der Waals surface area contributed by atoms with Crippen molar-refractivity contribution in [2.45, 2.75) is 96.7 Å². The molecule has 0 bridgehead atoms. The van der Waals surface area contributed by atoms with Crippen LogP contribution in [0.1, 0.15) is 110 Å². The number of aromatic amines is 3. The van der Waals surface area contributed by atoms with Crippen molar-refractivity contribution >= 4 is 104 Å². The summed E-state index contributed by atoms with van der Waals surface area (Å²) in [6, 6.07) is 38.2. The number of hydrogen-bond acceptors (Lipinski definition) is 19. The Hall–Kier alpha value is -10.3. The Kier molecular flexibility index (Phi) is 30.4. The van der Waals surface area contributed by atoms with Crippen LogP contribution in [0.3, 0.4) is 0 Å². The van der Waals surface area contributed by atoms with Crippen LogP contribution < -0.4 is 30.2 Å². The van der Waals surface area contributed by atoms with E-state index in [0.717, 1.165) is 89.6 Å². The quantitative estimate of drug-likeness (QED) is 0.0171. The Bertz CT molecular complexity index is 4600. The maximum atomic E-state index is 12.9. The number of fused-ring (bicyclic) bond motifs is 9. The van der Waals surface area contributed by atoms with Gasteiger partial charge in [0.1, 0.15) is 80.1 Å². The molecule has 9 N–H and O–H groups in total. The summed E-state index contributed by atoms with van der Waals surface area (Å²) in [5, 5.41) is 42.9. The molecular formula is C80H94Cl3N9O19. The van der Waals surface area contributed by atoms with Gasteiger partial charge in [0.15, 0.2) is 0 Å². The molecule has 3 aliphatic heterocycles. The fourth-order valence-corrected chi connectivity index (χ4v) is 13.8. The average Bonchev–Trinajstić information content (AvgIpc) is 1.62. The minimum Gasteiger partial charge on any atom is -0.491 e. The number of nitrogens with zero attached hydrogens (tertiary/aromatic N) is 3. The number of aliphatic hydroxyl groups excluding tert-OH is 3. The number of aromatic nitrogens is 3. The second kappa shape index (κ2) is 40.6. The van der Waals surface area contributed by atoms with E-state index in [2.05, 4.69) is 30.9 Å². The van der Waals surface area contributed by atoms with Gasteiger partial charge in [0.25, 0.3) is 0 Å². The number of carbonyl (C=O) groups is 6. The smallest absolute Gasteiger partial charge is 0.410 e. The molecule has 0 saturated carbocycles. The summed E-state index contributed by atoms with van der Waals surface area (Å²) in [5.74, 6) is 1.65. The topological polar surface area (TPSA) is 349 Å². The van der Waals surface area contributed by atoms with Gasteiger partial charge in [-0.15, -0.1) is 0 Å². The van der Waals surface area contributed by atoms with E-state index in [9.17, 15) is 44.1 Å². The molecule has 111 heavy (non-hydrogen) atoms. The molecule has 6 atom stereocenters. The number of methoxy groups -OCH3 is 1. The molecule has 12 rings (SSSR count). The van der Waals surface area contributed by atoms with Crippen molar-refractivity contribution in [1.82, 2.24) is 45.6 Å². The van der Waals surface area contributed by atoms with Crippen LogP contribution in [0, 0.1) is 0 Å². The van der Waals surface area contributed by atoms with Crippen molar-refractivity contribution in [3.05, 3.63) is 193 Å². The van der Waals surface area contributed by atoms with Crippen molar-refractivity contribution in [2.24, 2.45) is 0 Å². The molecule has 3 aromatic heterocycles. The third kappa shape index (κ3) is 21.8. The van der Waals surface area contributed by atoms with Gasteiger partial charge in [-0.05, 0) is 178 Å². The molecule has 28 nitrogen and oxygen atoms in total. The number of amides is 6. The maximum absolute atomic E-state index is 12.9. The highest BCUT2D eigenvalue weighted by atomic mass is 35.5. The Morgan fingerprint density at radius 3 is 1.00 bits per heavy atom. The van der Waals surface area contributed by atoms with E-state index in [1.54, 1.807) is 78.8 Å². The normalized spacial score (nSPS) is 15.7. The lowest BCUT2D eigenvalue weighted by molar-refractivity contribution is 0.0842. The second-order valence-electron chi connectivity index (χ2n) is 26.0. The largest absolute Gasteiger partial charge is 0.491 e. The first-order chi connectivity index (χ1) is 53.7. The zero-order valence-electron chi connectivity index (χ0n) is 62.6. The van der Waals surface area contributed by atoms with Crippen molar-refractivity contribution in [1.29, 1.82) is 0 Å². The molecule has 0 saturated heterocycles. The van der Waals surface area contributed by atoms with Gasteiger partial charge < -0.3 is 93.6 Å². The molecule has 0 spiro atoms. The number of H-pyrrole nitrogens is 3. The SMILES string of the molecule is CCCOC(=O)NCC(O)COc1ccc(C2c3[nH]c4ccc(Cl)cc4c3CCN2C(=O)OCC)cc1.CCOC(=O)N1CCc2c([nH]c3ccc(Cl)cc23)C1c1ccc(OCC(O)CNC(=O)OCCOC)cc1.CCOC(=O)NCC(O)COc1ccc(C2c3[nH]c4ccc(Cl)cc4c3CCN2C(=O)OCC)cc1. The molecule has 31 heteroatoms. The van der Waals surface area contributed by atoms with Gasteiger partial charge in [-0.25, -0.2) is 28.8 Å². The molecule has 6 aromatic carbocycles. The fourth-order valence-electron chi connectivity index (χ4n) is 13.3. The third-order valence-electron chi connectivity index (χ3n) is 18.4. The van der Waals surface area contributed by atoms with Crippen LogP contribution in [-0.2, 0) is 52.4 Å². The van der Waals surface area contributed by atoms with Gasteiger partial charge in [0.05, 0.1) is 59.3 Å². The van der Waals surface area contributed by atoms with Crippen LogP contribution in [0.5, 0.6) is 17.2 Å². The van der Waals surface area contributed by atoms with E-state index < -0.39 is 36.6 Å². The number of benzene rings is 6. The molecule has 6 heterocycles. The number of hydrogen-bond donors (Lipinski definition) is 9. The second-order valence-corrected chi connectivity index (χ2v) is 27.3. The molecule has 6 unspecified atom stereocenters. The molecule has 9 aromatic rings. The van der Waals surface area contributed by atoms with Crippen molar-refractivity contribution in [3.8, 4) is 17.2 Å². The lowest BCUT2D eigenvalue weighted by atomic mass is 9.92. The Morgan fingerprint density at radius 2 is 0.712 bits per heavy atom. The molecule has 0 aliphatic carbocycles. The van der Waals surface area contributed by atoms with Gasteiger partial charge in [-0.3, -0.25) is 14.7 Å². The lowest BCUT2D eigenvalue weighted by Gasteiger charge is -2.35. The monoisotopic (exact) mass is 1590 g/mol. The Morgan fingerprint density at radius 1 is 0.414 bits per heavy atom. The number of nitrogens with one attached hydrogen (secondary N) is 6. The zero-order valence-corrected chi connectivity index (χ0v) is 64.8. The van der Waals surface area contributed by atoms with Gasteiger partial charge in [0, 0.05) is 91.6 Å². The Labute approximate surface area is 657 Å². The van der Waals surface area contributed by atoms with Crippen LogP contribution in [0.15, 0.2) is 127 Å². The highest BCUT2D eigenvalue weighted by molar-refractivity contribution is 6.32. The molecule has 6 amide bonds. The summed E-state index contributed by atoms with van der Waals surface area (Å²) >= 11 is 18.8. The predicted molar refractivity (Wildman–Crippen MR) is 417 cm³/mol. The van der Waals surface area contributed by atoms with E-state index >= 15 is 0 Å². The zero-order chi connectivity index (χ0) is 79.1. The first-order valence-corrected chi connectivity index (χ1v) is 38.0. The van der Waals surface area contributed by atoms with Crippen LogP contribution in [0.25, 0.3) is 32.7 Å². The van der Waals surface area contributed by atoms with E-state index in [0.29, 0.717) is 84.4 Å². The molecular weight excluding hydrogens is 1500 g/mol. The average molecular weight is 1590 g/mol. The number of alkyl carbamates (subject to hydrolysis) is 3. The first kappa shape index (κ1) is 83.1. The molecule has 3 aliphatic rings. The predicted octanol–water partition coefficient (Wildman–Crippen LogP) is 13.2. The lowest BCUT2D eigenvalue weighted by Crippen LogP contribution is -2.41. The number of rotatable bonds is 27. The minimum absolute atomic E-state index is 0.00128. The highest BCUT2D eigenvalue weighted by Crippen LogP contribution is 2.44. The summed E-state index contributed by atoms with van der Waals surface area (Å²) in [6.45, 7) is 12.3. The fraction of sp³-hybridized carbons (Fsp3) is 0.400. The summed E-state index contributed by atoms with van der Waals surface area (Å²) in [7, 11) is 1.51. The maximum Gasteiger partial charge on any atom is 0.410 e. The van der Waals surface area contributed by atoms with Gasteiger partial charge >= 0.3 is 36.6 Å². The van der Waals surface area contributed by atoms with E-state index in [1.165, 1.54) is 7.11 Å². The van der Waals surface area contributed by atoms with Crippen molar-refractivity contribution in [3.63, 3.8) is 0 Å². The standard InChI is InChI=1S/C27H32ClN3O7.C27H32ClN3O6.C26H30ClN3O6/c1-3-36-27(34)31-11-10-21-22-14-18(28)6-9-23(22)30-24(21)25(31)17-4-7-20(8-5-17)38-16-19(32)15-29-26(33)37-13-12-35-2;1-3-13-36-26(33)29-15-19(32)16-37-20-8-5-17(6-9-20)25-24-21(11-12-31(25)27(34)35-4-2)22-14-18(28)7-10-23(22)30-24;1-3-34-25(32)28-14-18(31)15-36-19-8-5-16(6-9-19)24-23-20(11-12-30(24)26(33)35-4-2)21-13-17(27)7-10-22(21)29-23/h4-9,14,19,25,30,32H,3,10-13,15-16H2,1-2H3,(H,29,33);5-10,14,19,25,30,32H,3-4,11-13,15-16H2,1-2H3,(H,29,33);5-10,13,18,24,29,31H,3-4,11-12,14-15H2,1-2H3,(H,28,32). The number of carbonyl (C=O) groups excluding carboxylic acids is 6. The van der Waals surface area contributed by atoms with Crippen LogP contribution in [-0.4, -0.2) is 212 Å². The number of aliphatic hydroxyl groups is 3. The van der Waals surface area contributed by atoms with Crippen LogP contribution in [0.4, 0.5) is 28.8 Å². The van der Waals surface area contributed by atoms with Crippen LogP contribution >= 0.6 is 34.8 Å².